The van der Waals surface area contributed by atoms with Crippen molar-refractivity contribution < 1.29 is 37.8 Å². The Morgan fingerprint density at radius 1 is 0.939 bits per heavy atom. The van der Waals surface area contributed by atoms with Crippen LogP contribution in [0.2, 0.25) is 0 Å². The van der Waals surface area contributed by atoms with Gasteiger partial charge >= 0.3 is 18.1 Å². The third-order valence-corrected chi connectivity index (χ3v) is 3.87. The molecule has 0 unspecified atom stereocenters. The maximum absolute atomic E-state index is 12.2. The third-order valence-electron chi connectivity index (χ3n) is 3.87. The normalized spacial score (nSPS) is 10.4. The molecule has 0 spiro atoms. The number of carbonyl (C=O) groups is 3. The maximum Gasteiger partial charge on any atom is 0.490 e. The van der Waals surface area contributed by atoms with Crippen LogP contribution in [0.4, 0.5) is 24.7 Å². The predicted octanol–water partition coefficient (Wildman–Crippen LogP) is 3.67. The maximum atomic E-state index is 12.2. The van der Waals surface area contributed by atoms with E-state index in [4.69, 9.17) is 9.90 Å². The Morgan fingerprint density at radius 2 is 1.61 bits per heavy atom. The van der Waals surface area contributed by atoms with E-state index < -0.39 is 18.1 Å². The number of nitrogens with one attached hydrogen (secondary N) is 2. The molecule has 4 N–H and O–H groups in total. The molecular formula is C21H17F3N4O5. The molecule has 0 aliphatic heterocycles. The molecule has 0 fully saturated rings. The molecule has 0 bridgehead atoms. The summed E-state index contributed by atoms with van der Waals surface area (Å²) in [5.74, 6) is -3.73. The summed E-state index contributed by atoms with van der Waals surface area (Å²) in [4.78, 5) is 40.2. The Morgan fingerprint density at radius 3 is 2.21 bits per heavy atom. The van der Waals surface area contributed by atoms with Crippen molar-refractivity contribution in [3.05, 3.63) is 83.8 Å². The van der Waals surface area contributed by atoms with Gasteiger partial charge < -0.3 is 20.8 Å². The van der Waals surface area contributed by atoms with E-state index in [-0.39, 0.29) is 11.5 Å². The summed E-state index contributed by atoms with van der Waals surface area (Å²) in [6.07, 6.45) is -0.440. The van der Waals surface area contributed by atoms with Crippen molar-refractivity contribution in [3.8, 4) is 0 Å². The molecule has 3 aromatic rings. The van der Waals surface area contributed by atoms with Gasteiger partial charge in [0.1, 0.15) is 11.4 Å². The molecule has 0 atom stereocenters. The standard InChI is InChI=1S/C19H16N4O3.C2HF3O2/c24-18(14-6-9-20-10-7-14)23-15-4-1-3-13(11-15)12-22-17-16(19(25)26)5-2-8-21-17;3-2(4,5)1(6)7/h1-11H,12H2,(H,21,22)(H,23,24)(H,25,26);(H,6,7). The van der Waals surface area contributed by atoms with Crippen molar-refractivity contribution in [1.82, 2.24) is 9.97 Å². The van der Waals surface area contributed by atoms with Gasteiger partial charge in [0.2, 0.25) is 0 Å². The van der Waals surface area contributed by atoms with Crippen LogP contribution in [-0.4, -0.2) is 44.2 Å². The van der Waals surface area contributed by atoms with E-state index in [9.17, 15) is 27.9 Å². The highest BCUT2D eigenvalue weighted by molar-refractivity contribution is 6.04. The Kier molecular flexibility index (Phi) is 8.43. The van der Waals surface area contributed by atoms with E-state index in [1.54, 1.807) is 36.7 Å². The number of aromatic carboxylic acids is 1. The first-order valence-corrected chi connectivity index (χ1v) is 9.10. The highest BCUT2D eigenvalue weighted by Crippen LogP contribution is 2.16. The van der Waals surface area contributed by atoms with E-state index in [2.05, 4.69) is 20.6 Å². The van der Waals surface area contributed by atoms with Gasteiger partial charge in [0, 0.05) is 36.4 Å². The fourth-order valence-electron chi connectivity index (χ4n) is 2.37. The summed E-state index contributed by atoms with van der Waals surface area (Å²) in [6, 6.07) is 13.6. The summed E-state index contributed by atoms with van der Waals surface area (Å²) >= 11 is 0. The van der Waals surface area contributed by atoms with Gasteiger partial charge in [0.05, 0.1) is 0 Å². The number of rotatable bonds is 6. The van der Waals surface area contributed by atoms with Crippen LogP contribution in [0.5, 0.6) is 0 Å². The Bertz CT molecular complexity index is 1120. The molecule has 2 aromatic heterocycles. The first-order valence-electron chi connectivity index (χ1n) is 9.10. The van der Waals surface area contributed by atoms with Crippen LogP contribution in [0.15, 0.2) is 67.1 Å². The number of carboxylic acids is 2. The first kappa shape index (κ1) is 24.8. The summed E-state index contributed by atoms with van der Waals surface area (Å²) in [7, 11) is 0. The number of aliphatic carboxylic acids is 1. The smallest absolute Gasteiger partial charge is 0.478 e. The van der Waals surface area contributed by atoms with Crippen LogP contribution in [0, 0.1) is 0 Å². The van der Waals surface area contributed by atoms with Gasteiger partial charge in [-0.1, -0.05) is 12.1 Å². The molecule has 1 amide bonds. The van der Waals surface area contributed by atoms with E-state index in [0.717, 1.165) is 5.56 Å². The molecule has 12 heteroatoms. The van der Waals surface area contributed by atoms with Gasteiger partial charge in [0.15, 0.2) is 0 Å². The van der Waals surface area contributed by atoms with Crippen LogP contribution < -0.4 is 10.6 Å². The van der Waals surface area contributed by atoms with Crippen molar-refractivity contribution >= 4 is 29.4 Å². The topological polar surface area (TPSA) is 142 Å². The number of aromatic nitrogens is 2. The molecule has 0 radical (unpaired) electrons. The molecular weight excluding hydrogens is 445 g/mol. The fraction of sp³-hybridized carbons (Fsp3) is 0.0952. The number of alkyl halides is 3. The van der Waals surface area contributed by atoms with Crippen LogP contribution in [0.1, 0.15) is 26.3 Å². The average Bonchev–Trinajstić information content (AvgIpc) is 2.78. The van der Waals surface area contributed by atoms with E-state index in [1.807, 2.05) is 18.2 Å². The predicted molar refractivity (Wildman–Crippen MR) is 111 cm³/mol. The van der Waals surface area contributed by atoms with Gasteiger partial charge in [-0.25, -0.2) is 14.6 Å². The van der Waals surface area contributed by atoms with Crippen molar-refractivity contribution in [3.63, 3.8) is 0 Å². The first-order chi connectivity index (χ1) is 15.6. The number of nitrogens with zero attached hydrogens (tertiary/aromatic N) is 2. The summed E-state index contributed by atoms with van der Waals surface area (Å²) in [5, 5.41) is 22.1. The van der Waals surface area contributed by atoms with Crippen molar-refractivity contribution in [1.29, 1.82) is 0 Å². The third kappa shape index (κ3) is 7.94. The highest BCUT2D eigenvalue weighted by atomic mass is 19.4. The lowest BCUT2D eigenvalue weighted by Gasteiger charge is -2.10. The minimum atomic E-state index is -5.08. The highest BCUT2D eigenvalue weighted by Gasteiger charge is 2.38. The lowest BCUT2D eigenvalue weighted by molar-refractivity contribution is -0.192. The van der Waals surface area contributed by atoms with Crippen LogP contribution in [-0.2, 0) is 11.3 Å². The number of anilines is 2. The zero-order valence-electron chi connectivity index (χ0n) is 16.7. The fourth-order valence-corrected chi connectivity index (χ4v) is 2.37. The number of carbonyl (C=O) groups excluding carboxylic acids is 1. The molecule has 0 aliphatic rings. The van der Waals surface area contributed by atoms with E-state index >= 15 is 0 Å². The number of hydrogen-bond donors (Lipinski definition) is 4. The SMILES string of the molecule is O=C(Nc1cccc(CNc2ncccc2C(=O)O)c1)c1ccncc1.O=C(O)C(F)(F)F. The van der Waals surface area contributed by atoms with Gasteiger partial charge in [-0.3, -0.25) is 9.78 Å². The van der Waals surface area contributed by atoms with E-state index in [0.29, 0.717) is 23.6 Å². The summed E-state index contributed by atoms with van der Waals surface area (Å²) in [6.45, 7) is 0.371. The molecule has 2 heterocycles. The second-order valence-electron chi connectivity index (χ2n) is 6.25. The van der Waals surface area contributed by atoms with E-state index in [1.165, 1.54) is 12.3 Å². The number of benzene rings is 1. The summed E-state index contributed by atoms with van der Waals surface area (Å²) in [5.41, 5.74) is 2.14. The zero-order chi connectivity index (χ0) is 24.4. The molecule has 172 valence electrons. The number of halogens is 3. The van der Waals surface area contributed by atoms with Gasteiger partial charge in [-0.15, -0.1) is 0 Å². The number of carboxylic acid groups (broad SMARTS) is 2. The van der Waals surface area contributed by atoms with Crippen LogP contribution in [0.25, 0.3) is 0 Å². The lowest BCUT2D eigenvalue weighted by atomic mass is 10.1. The zero-order valence-corrected chi connectivity index (χ0v) is 16.7. The molecule has 3 rings (SSSR count). The Balaban J connectivity index is 0.000000479. The largest absolute Gasteiger partial charge is 0.490 e. The second kappa shape index (κ2) is 11.2. The van der Waals surface area contributed by atoms with Gasteiger partial charge in [-0.05, 0) is 42.0 Å². The van der Waals surface area contributed by atoms with Crippen molar-refractivity contribution in [2.75, 3.05) is 10.6 Å². The van der Waals surface area contributed by atoms with Crippen LogP contribution >= 0.6 is 0 Å². The van der Waals surface area contributed by atoms with Crippen molar-refractivity contribution in [2.24, 2.45) is 0 Å². The minimum absolute atomic E-state index is 0.106. The van der Waals surface area contributed by atoms with Crippen LogP contribution in [0.3, 0.4) is 0 Å². The minimum Gasteiger partial charge on any atom is -0.478 e. The Labute approximate surface area is 184 Å². The molecule has 1 aromatic carbocycles. The molecule has 0 saturated heterocycles. The quantitative estimate of drug-likeness (QED) is 0.435. The molecule has 33 heavy (non-hydrogen) atoms. The molecule has 9 nitrogen and oxygen atoms in total. The lowest BCUT2D eigenvalue weighted by Crippen LogP contribution is -2.21. The van der Waals surface area contributed by atoms with Gasteiger partial charge in [-0.2, -0.15) is 13.2 Å². The number of amides is 1. The average molecular weight is 462 g/mol. The number of hydrogen-bond acceptors (Lipinski definition) is 6. The second-order valence-corrected chi connectivity index (χ2v) is 6.25. The van der Waals surface area contributed by atoms with Gasteiger partial charge in [0.25, 0.3) is 5.91 Å². The summed E-state index contributed by atoms with van der Waals surface area (Å²) < 4.78 is 31.7. The molecule has 0 aliphatic carbocycles. The Hall–Kier alpha value is -4.48. The number of pyridine rings is 2. The monoisotopic (exact) mass is 462 g/mol. The molecule has 0 saturated carbocycles. The van der Waals surface area contributed by atoms with Crippen molar-refractivity contribution in [2.45, 2.75) is 12.7 Å².